The number of aliphatic hydroxyl groups excluding tert-OH is 1. The first-order valence-corrected chi connectivity index (χ1v) is 10.9. The largest absolute Gasteiger partial charge is 0.507 e. The molecule has 4 aromatic rings. The van der Waals surface area contributed by atoms with E-state index in [0.29, 0.717) is 27.7 Å². The number of aromatic amines is 1. The fourth-order valence-corrected chi connectivity index (χ4v) is 3.98. The molecule has 1 aromatic heterocycles. The van der Waals surface area contributed by atoms with Gasteiger partial charge in [0, 0.05) is 0 Å². The van der Waals surface area contributed by atoms with Gasteiger partial charge in [-0.1, -0.05) is 36.4 Å². The van der Waals surface area contributed by atoms with Gasteiger partial charge in [0.05, 0.1) is 34.3 Å². The summed E-state index contributed by atoms with van der Waals surface area (Å²) in [5, 5.41) is 19.9. The van der Waals surface area contributed by atoms with E-state index < -0.39 is 30.1 Å². The minimum Gasteiger partial charge on any atom is -0.507 e. The zero-order valence-corrected chi connectivity index (χ0v) is 18.8. The first-order chi connectivity index (χ1) is 17.5. The van der Waals surface area contributed by atoms with Crippen molar-refractivity contribution in [3.8, 4) is 6.07 Å². The number of carbonyl (C=O) groups is 3. The van der Waals surface area contributed by atoms with Crippen LogP contribution in [0.1, 0.15) is 42.5 Å². The number of aliphatic hydroxyl groups is 1. The number of H-pyrrole nitrogens is 1. The van der Waals surface area contributed by atoms with Gasteiger partial charge in [-0.25, -0.2) is 9.78 Å². The van der Waals surface area contributed by atoms with Crippen molar-refractivity contribution in [3.63, 3.8) is 0 Å². The van der Waals surface area contributed by atoms with Gasteiger partial charge in [0.1, 0.15) is 18.2 Å². The lowest BCUT2D eigenvalue weighted by atomic mass is 10.1. The van der Waals surface area contributed by atoms with Crippen molar-refractivity contribution in [2.75, 3.05) is 6.61 Å². The predicted molar refractivity (Wildman–Crippen MR) is 129 cm³/mol. The quantitative estimate of drug-likeness (QED) is 0.185. The van der Waals surface area contributed by atoms with E-state index >= 15 is 0 Å². The van der Waals surface area contributed by atoms with E-state index in [1.807, 2.05) is 12.1 Å². The van der Waals surface area contributed by atoms with Crippen LogP contribution in [0.5, 0.6) is 0 Å². The highest BCUT2D eigenvalue weighted by Crippen LogP contribution is 2.25. The van der Waals surface area contributed by atoms with E-state index in [1.165, 1.54) is 12.1 Å². The number of hydrogen-bond donors (Lipinski definition) is 2. The second kappa shape index (κ2) is 9.19. The van der Waals surface area contributed by atoms with Crippen LogP contribution in [0.15, 0.2) is 78.6 Å². The van der Waals surface area contributed by atoms with Crippen molar-refractivity contribution in [2.45, 2.75) is 6.54 Å². The van der Waals surface area contributed by atoms with E-state index in [1.54, 1.807) is 54.6 Å². The third kappa shape index (κ3) is 4.08. The van der Waals surface area contributed by atoms with Gasteiger partial charge in [0.2, 0.25) is 0 Å². The van der Waals surface area contributed by atoms with Gasteiger partial charge in [0.25, 0.3) is 11.8 Å². The molecule has 0 radical (unpaired) electrons. The number of imidazole rings is 1. The summed E-state index contributed by atoms with van der Waals surface area (Å²) in [5.74, 6) is -1.82. The number of amides is 2. The van der Waals surface area contributed by atoms with Gasteiger partial charge >= 0.3 is 5.97 Å². The fraction of sp³-hybridized carbons (Fsp3) is 0.0741. The predicted octanol–water partition coefficient (Wildman–Crippen LogP) is 4.01. The number of aromatic nitrogens is 2. The van der Waals surface area contributed by atoms with Crippen LogP contribution < -0.4 is 0 Å². The van der Waals surface area contributed by atoms with Crippen LogP contribution in [-0.4, -0.2) is 44.4 Å². The zero-order chi connectivity index (χ0) is 25.2. The summed E-state index contributed by atoms with van der Waals surface area (Å²) in [4.78, 5) is 46.2. The standard InChI is InChI=1S/C27H18N4O5/c28-13-20(24-29-21-10-3-4-11-22(21)30-24)23(32)15-36-27(35)17-7-5-6-16(12-17)14-31-25(33)18-8-1-2-9-19(18)26(31)34/h1-12,32H,14-15H2,(H,29,30). The Morgan fingerprint density at radius 2 is 1.69 bits per heavy atom. The van der Waals surface area contributed by atoms with E-state index in [4.69, 9.17) is 4.74 Å². The minimum atomic E-state index is -0.743. The lowest BCUT2D eigenvalue weighted by molar-refractivity contribution is 0.0502. The summed E-state index contributed by atoms with van der Waals surface area (Å²) in [6.45, 7) is -0.551. The molecule has 0 aliphatic carbocycles. The fourth-order valence-electron chi connectivity index (χ4n) is 3.98. The Hall–Kier alpha value is -5.23. The molecule has 1 aliphatic heterocycles. The molecule has 36 heavy (non-hydrogen) atoms. The molecule has 9 heteroatoms. The SMILES string of the molecule is N#CC(=C(O)COC(=O)c1cccc(CN2C(=O)c3ccccc3C2=O)c1)c1nc2ccccc2[nH]1. The lowest BCUT2D eigenvalue weighted by Gasteiger charge is -2.14. The van der Waals surface area contributed by atoms with Crippen molar-refractivity contribution in [2.24, 2.45) is 0 Å². The van der Waals surface area contributed by atoms with Gasteiger partial charge in [0.15, 0.2) is 11.6 Å². The van der Waals surface area contributed by atoms with Gasteiger partial charge in [-0.2, -0.15) is 5.26 Å². The Balaban J connectivity index is 1.29. The number of ether oxygens (including phenoxy) is 1. The first-order valence-electron chi connectivity index (χ1n) is 10.9. The number of hydrogen-bond acceptors (Lipinski definition) is 7. The maximum absolute atomic E-state index is 12.6. The third-order valence-corrected chi connectivity index (χ3v) is 5.75. The van der Waals surface area contributed by atoms with E-state index in [-0.39, 0.29) is 23.5 Å². The number of nitrogens with zero attached hydrogens (tertiary/aromatic N) is 3. The number of nitriles is 1. The summed E-state index contributed by atoms with van der Waals surface area (Å²) in [5.41, 5.74) is 2.59. The van der Waals surface area contributed by atoms with Crippen LogP contribution in [0.25, 0.3) is 16.6 Å². The van der Waals surface area contributed by atoms with Crippen molar-refractivity contribution in [1.29, 1.82) is 5.26 Å². The molecule has 0 spiro atoms. The molecule has 2 N–H and O–H groups in total. The molecule has 2 heterocycles. The maximum atomic E-state index is 12.6. The summed E-state index contributed by atoms with van der Waals surface area (Å²) >= 11 is 0. The molecule has 0 saturated carbocycles. The summed E-state index contributed by atoms with van der Waals surface area (Å²) in [7, 11) is 0. The number of carbonyl (C=O) groups excluding carboxylic acids is 3. The maximum Gasteiger partial charge on any atom is 0.338 e. The van der Waals surface area contributed by atoms with Crippen molar-refractivity contribution >= 4 is 34.4 Å². The van der Waals surface area contributed by atoms with Gasteiger partial charge in [-0.05, 0) is 42.0 Å². The molecule has 0 unspecified atom stereocenters. The number of para-hydroxylation sites is 2. The normalized spacial score (nSPS) is 13.4. The van der Waals surface area contributed by atoms with Crippen molar-refractivity contribution in [1.82, 2.24) is 14.9 Å². The Bertz CT molecular complexity index is 1540. The van der Waals surface area contributed by atoms with Crippen LogP contribution in [0, 0.1) is 11.3 Å². The average Bonchev–Trinajstić information content (AvgIpc) is 3.43. The molecular weight excluding hydrogens is 460 g/mol. The highest BCUT2D eigenvalue weighted by Gasteiger charge is 2.35. The third-order valence-electron chi connectivity index (χ3n) is 5.75. The molecule has 0 saturated heterocycles. The highest BCUT2D eigenvalue weighted by atomic mass is 16.5. The second-order valence-corrected chi connectivity index (χ2v) is 8.05. The summed E-state index contributed by atoms with van der Waals surface area (Å²) < 4.78 is 5.20. The van der Waals surface area contributed by atoms with Crippen LogP contribution in [0.3, 0.4) is 0 Å². The Morgan fingerprint density at radius 3 is 2.39 bits per heavy atom. The Labute approximate surface area is 204 Å². The molecule has 9 nitrogen and oxygen atoms in total. The molecule has 0 atom stereocenters. The zero-order valence-electron chi connectivity index (χ0n) is 18.8. The number of benzene rings is 3. The van der Waals surface area contributed by atoms with Crippen LogP contribution in [-0.2, 0) is 11.3 Å². The smallest absolute Gasteiger partial charge is 0.338 e. The monoisotopic (exact) mass is 478 g/mol. The van der Waals surface area contributed by atoms with Crippen molar-refractivity contribution < 1.29 is 24.2 Å². The lowest BCUT2D eigenvalue weighted by Crippen LogP contribution is -2.29. The van der Waals surface area contributed by atoms with Crippen LogP contribution in [0.2, 0.25) is 0 Å². The summed E-state index contributed by atoms with van der Waals surface area (Å²) in [6.07, 6.45) is 0. The van der Waals surface area contributed by atoms with Gasteiger partial charge < -0.3 is 14.8 Å². The first kappa shape index (κ1) is 22.6. The highest BCUT2D eigenvalue weighted by molar-refractivity contribution is 6.21. The van der Waals surface area contributed by atoms with E-state index in [9.17, 15) is 24.8 Å². The second-order valence-electron chi connectivity index (χ2n) is 8.05. The number of nitrogens with one attached hydrogen (secondary N) is 1. The molecular formula is C27H18N4O5. The van der Waals surface area contributed by atoms with E-state index in [0.717, 1.165) is 4.90 Å². The van der Waals surface area contributed by atoms with Gasteiger partial charge in [-0.3, -0.25) is 14.5 Å². The number of imide groups is 1. The Kier molecular flexibility index (Phi) is 5.76. The van der Waals surface area contributed by atoms with Crippen LogP contribution in [0.4, 0.5) is 0 Å². The average molecular weight is 478 g/mol. The van der Waals surface area contributed by atoms with Crippen molar-refractivity contribution in [3.05, 3.63) is 107 Å². The van der Waals surface area contributed by atoms with Crippen LogP contribution >= 0.6 is 0 Å². The topological polar surface area (TPSA) is 136 Å². The molecule has 1 aliphatic rings. The molecule has 176 valence electrons. The molecule has 0 bridgehead atoms. The number of allylic oxidation sites excluding steroid dienone is 1. The number of esters is 1. The molecule has 5 rings (SSSR count). The number of fused-ring (bicyclic) bond motifs is 2. The molecule has 3 aromatic carbocycles. The van der Waals surface area contributed by atoms with E-state index in [2.05, 4.69) is 9.97 Å². The summed E-state index contributed by atoms with van der Waals surface area (Å²) in [6, 6.07) is 21.9. The Morgan fingerprint density at radius 1 is 1.00 bits per heavy atom. The minimum absolute atomic E-state index is 0.0107. The van der Waals surface area contributed by atoms with Gasteiger partial charge in [-0.15, -0.1) is 0 Å². The molecule has 0 fully saturated rings. The molecule has 2 amide bonds. The number of rotatable bonds is 6.